The van der Waals surface area contributed by atoms with Crippen molar-refractivity contribution in [1.82, 2.24) is 5.32 Å². The molecule has 0 aliphatic rings. The van der Waals surface area contributed by atoms with Crippen molar-refractivity contribution in [3.8, 4) is 0 Å². The summed E-state index contributed by atoms with van der Waals surface area (Å²) in [6, 6.07) is -1.16. The van der Waals surface area contributed by atoms with E-state index in [0.29, 0.717) is 25.8 Å². The zero-order valence-corrected chi connectivity index (χ0v) is 11.1. The van der Waals surface area contributed by atoms with E-state index in [1.54, 1.807) is 0 Å². The van der Waals surface area contributed by atoms with Crippen molar-refractivity contribution in [3.63, 3.8) is 0 Å². The largest absolute Gasteiger partial charge is 0.481 e. The number of carboxylic acids is 2. The highest BCUT2D eigenvalue weighted by molar-refractivity contribution is 5.85. The van der Waals surface area contributed by atoms with E-state index in [9.17, 15) is 14.4 Å². The summed E-state index contributed by atoms with van der Waals surface area (Å²) in [6.07, 6.45) is 1.47. The molecule has 0 radical (unpaired) electrons. The number of aliphatic carboxylic acids is 2. The van der Waals surface area contributed by atoms with Gasteiger partial charge in [0.15, 0.2) is 0 Å². The highest BCUT2D eigenvalue weighted by Crippen LogP contribution is 2.11. The van der Waals surface area contributed by atoms with Gasteiger partial charge in [-0.2, -0.15) is 0 Å². The third-order valence-electron chi connectivity index (χ3n) is 2.88. The molecule has 0 saturated heterocycles. The number of carbonyl (C=O) groups excluding carboxylic acids is 1. The Morgan fingerprint density at radius 1 is 1.21 bits per heavy atom. The summed E-state index contributed by atoms with van der Waals surface area (Å²) in [7, 11) is 0. The molecule has 0 spiro atoms. The molecule has 19 heavy (non-hydrogen) atoms. The third kappa shape index (κ3) is 7.40. The Morgan fingerprint density at radius 2 is 1.84 bits per heavy atom. The summed E-state index contributed by atoms with van der Waals surface area (Å²) < 4.78 is 0. The summed E-state index contributed by atoms with van der Waals surface area (Å²) >= 11 is 0. The second-order valence-electron chi connectivity index (χ2n) is 4.37. The van der Waals surface area contributed by atoms with Crippen LogP contribution in [-0.2, 0) is 14.4 Å². The lowest BCUT2D eigenvalue weighted by Gasteiger charge is -2.18. The normalized spacial score (nSPS) is 13.6. The number of carboxylic acid groups (broad SMARTS) is 2. The van der Waals surface area contributed by atoms with Crippen molar-refractivity contribution in [2.45, 2.75) is 45.1 Å². The van der Waals surface area contributed by atoms with Gasteiger partial charge in [-0.25, -0.2) is 4.79 Å². The van der Waals surface area contributed by atoms with Gasteiger partial charge in [0, 0.05) is 12.3 Å². The molecule has 0 saturated carbocycles. The number of carbonyl (C=O) groups is 3. The van der Waals surface area contributed by atoms with E-state index < -0.39 is 18.0 Å². The first-order chi connectivity index (χ1) is 8.92. The molecule has 1 amide bonds. The zero-order chi connectivity index (χ0) is 14.8. The number of hydrogen-bond donors (Lipinski definition) is 4. The monoisotopic (exact) mass is 274 g/mol. The molecular weight excluding hydrogens is 252 g/mol. The minimum absolute atomic E-state index is 0.121. The number of amides is 1. The van der Waals surface area contributed by atoms with E-state index in [2.05, 4.69) is 5.32 Å². The Labute approximate surface area is 112 Å². The van der Waals surface area contributed by atoms with Gasteiger partial charge in [-0.1, -0.05) is 6.92 Å². The Kier molecular flexibility index (Phi) is 8.52. The smallest absolute Gasteiger partial charge is 0.326 e. The van der Waals surface area contributed by atoms with Gasteiger partial charge < -0.3 is 21.3 Å². The number of rotatable bonds is 10. The van der Waals surface area contributed by atoms with Crippen LogP contribution < -0.4 is 11.1 Å². The fourth-order valence-electron chi connectivity index (χ4n) is 1.70. The van der Waals surface area contributed by atoms with Crippen LogP contribution in [0.15, 0.2) is 0 Å². The Balaban J connectivity index is 4.42. The molecule has 2 unspecified atom stereocenters. The van der Waals surface area contributed by atoms with Gasteiger partial charge in [-0.3, -0.25) is 9.59 Å². The van der Waals surface area contributed by atoms with Gasteiger partial charge >= 0.3 is 11.9 Å². The van der Waals surface area contributed by atoms with Crippen LogP contribution in [0.5, 0.6) is 0 Å². The molecule has 0 aliphatic heterocycles. The van der Waals surface area contributed by atoms with Crippen LogP contribution in [0.25, 0.3) is 0 Å². The standard InChI is InChI=1S/C12H22N2O5/c1-2-8(4-3-7-13)11(17)14-9(12(18)19)5-6-10(15)16/h8-9H,2-7,13H2,1H3,(H,14,17)(H,15,16)(H,18,19). The van der Waals surface area contributed by atoms with Crippen molar-refractivity contribution in [2.24, 2.45) is 11.7 Å². The van der Waals surface area contributed by atoms with E-state index in [0.717, 1.165) is 0 Å². The lowest BCUT2D eigenvalue weighted by Crippen LogP contribution is -2.43. The average Bonchev–Trinajstić information content (AvgIpc) is 2.34. The van der Waals surface area contributed by atoms with E-state index >= 15 is 0 Å². The Hall–Kier alpha value is -1.63. The van der Waals surface area contributed by atoms with Crippen LogP contribution in [0.3, 0.4) is 0 Å². The van der Waals surface area contributed by atoms with Crippen LogP contribution in [-0.4, -0.2) is 40.6 Å². The predicted molar refractivity (Wildman–Crippen MR) is 68.5 cm³/mol. The fraction of sp³-hybridized carbons (Fsp3) is 0.750. The molecule has 0 aromatic carbocycles. The van der Waals surface area contributed by atoms with Gasteiger partial charge in [-0.05, 0) is 32.2 Å². The molecule has 5 N–H and O–H groups in total. The minimum Gasteiger partial charge on any atom is -0.481 e. The topological polar surface area (TPSA) is 130 Å². The fourth-order valence-corrected chi connectivity index (χ4v) is 1.70. The first kappa shape index (κ1) is 17.4. The molecule has 7 heteroatoms. The van der Waals surface area contributed by atoms with Crippen molar-refractivity contribution in [2.75, 3.05) is 6.54 Å². The van der Waals surface area contributed by atoms with Crippen LogP contribution in [0.4, 0.5) is 0 Å². The van der Waals surface area contributed by atoms with Gasteiger partial charge in [0.2, 0.25) is 5.91 Å². The van der Waals surface area contributed by atoms with E-state index in [4.69, 9.17) is 15.9 Å². The first-order valence-electron chi connectivity index (χ1n) is 6.37. The van der Waals surface area contributed by atoms with Gasteiger partial charge in [0.1, 0.15) is 6.04 Å². The van der Waals surface area contributed by atoms with E-state index in [-0.39, 0.29) is 24.7 Å². The quantitative estimate of drug-likeness (QED) is 0.450. The molecule has 0 aliphatic carbocycles. The number of hydrogen-bond acceptors (Lipinski definition) is 4. The second kappa shape index (κ2) is 9.32. The number of nitrogens with one attached hydrogen (secondary N) is 1. The van der Waals surface area contributed by atoms with Crippen LogP contribution in [0, 0.1) is 5.92 Å². The molecular formula is C12H22N2O5. The second-order valence-corrected chi connectivity index (χ2v) is 4.37. The van der Waals surface area contributed by atoms with Gasteiger partial charge in [0.05, 0.1) is 0 Å². The zero-order valence-electron chi connectivity index (χ0n) is 11.1. The maximum atomic E-state index is 11.9. The average molecular weight is 274 g/mol. The van der Waals surface area contributed by atoms with Crippen molar-refractivity contribution in [3.05, 3.63) is 0 Å². The Bertz CT molecular complexity index is 319. The molecule has 2 atom stereocenters. The summed E-state index contributed by atoms with van der Waals surface area (Å²) in [6.45, 7) is 2.32. The maximum absolute atomic E-state index is 11.9. The third-order valence-corrected chi connectivity index (χ3v) is 2.88. The van der Waals surface area contributed by atoms with E-state index in [1.165, 1.54) is 0 Å². The summed E-state index contributed by atoms with van der Waals surface area (Å²) in [5, 5.41) is 19.9. The molecule has 0 aromatic heterocycles. The molecule has 0 bridgehead atoms. The summed E-state index contributed by atoms with van der Waals surface area (Å²) in [5.74, 6) is -2.94. The Morgan fingerprint density at radius 3 is 2.26 bits per heavy atom. The molecule has 7 nitrogen and oxygen atoms in total. The van der Waals surface area contributed by atoms with E-state index in [1.807, 2.05) is 6.92 Å². The highest BCUT2D eigenvalue weighted by atomic mass is 16.4. The lowest BCUT2D eigenvalue weighted by molar-refractivity contribution is -0.143. The number of nitrogens with two attached hydrogens (primary N) is 1. The summed E-state index contributed by atoms with van der Waals surface area (Å²) in [4.78, 5) is 33.2. The maximum Gasteiger partial charge on any atom is 0.326 e. The lowest BCUT2D eigenvalue weighted by atomic mass is 9.98. The molecule has 110 valence electrons. The molecule has 0 aromatic rings. The van der Waals surface area contributed by atoms with Crippen molar-refractivity contribution >= 4 is 17.8 Å². The van der Waals surface area contributed by atoms with Crippen LogP contribution >= 0.6 is 0 Å². The van der Waals surface area contributed by atoms with Crippen LogP contribution in [0.2, 0.25) is 0 Å². The molecule has 0 heterocycles. The van der Waals surface area contributed by atoms with Crippen molar-refractivity contribution < 1.29 is 24.6 Å². The van der Waals surface area contributed by atoms with Crippen LogP contribution in [0.1, 0.15) is 39.0 Å². The minimum atomic E-state index is -1.22. The molecule has 0 fully saturated rings. The highest BCUT2D eigenvalue weighted by Gasteiger charge is 2.24. The SMILES string of the molecule is CCC(CCCN)C(=O)NC(CCC(=O)O)C(=O)O. The summed E-state index contributed by atoms with van der Waals surface area (Å²) in [5.41, 5.74) is 5.37. The molecule has 0 rings (SSSR count). The van der Waals surface area contributed by atoms with Gasteiger partial charge in [0.25, 0.3) is 0 Å². The first-order valence-corrected chi connectivity index (χ1v) is 6.37. The van der Waals surface area contributed by atoms with Gasteiger partial charge in [-0.15, -0.1) is 0 Å². The predicted octanol–water partition coefficient (Wildman–Crippen LogP) is 0.186. The van der Waals surface area contributed by atoms with Crippen molar-refractivity contribution in [1.29, 1.82) is 0 Å².